The first-order valence-electron chi connectivity index (χ1n) is 13.4. The number of benzene rings is 2. The predicted molar refractivity (Wildman–Crippen MR) is 162 cm³/mol. The van der Waals surface area contributed by atoms with Gasteiger partial charge in [-0.3, -0.25) is 14.9 Å². The van der Waals surface area contributed by atoms with Crippen LogP contribution in [0.1, 0.15) is 25.0 Å². The van der Waals surface area contributed by atoms with E-state index in [-0.39, 0.29) is 24.6 Å². The van der Waals surface area contributed by atoms with Gasteiger partial charge in [0, 0.05) is 51.9 Å². The summed E-state index contributed by atoms with van der Waals surface area (Å²) >= 11 is 7.21. The third-order valence-electron chi connectivity index (χ3n) is 7.16. The van der Waals surface area contributed by atoms with Gasteiger partial charge in [-0.2, -0.15) is 9.36 Å². The van der Waals surface area contributed by atoms with Crippen LogP contribution in [-0.4, -0.2) is 64.5 Å². The predicted octanol–water partition coefficient (Wildman–Crippen LogP) is 4.98. The number of carbonyl (C=O) groups is 2. The molecule has 11 nitrogen and oxygen atoms in total. The fourth-order valence-electron chi connectivity index (χ4n) is 5.16. The number of aliphatic hydroxyl groups excluding tert-OH is 1. The molecule has 2 aromatic carbocycles. The second kappa shape index (κ2) is 12.0. The number of hydrogen-bond donors (Lipinski definition) is 3. The maximum Gasteiger partial charge on any atom is 0.249 e. The first kappa shape index (κ1) is 28.6. The average molecular weight is 621 g/mol. The topological polar surface area (TPSA) is 138 Å². The van der Waals surface area contributed by atoms with E-state index in [1.807, 2.05) is 18.2 Å². The minimum absolute atomic E-state index is 0.128. The summed E-state index contributed by atoms with van der Waals surface area (Å²) in [4.78, 5) is 40.3. The molecule has 3 N–H and O–H groups in total. The molecule has 1 aliphatic heterocycles. The Hall–Kier alpha value is -4.46. The molecule has 0 spiro atoms. The van der Waals surface area contributed by atoms with Crippen molar-refractivity contribution in [2.75, 3.05) is 17.2 Å². The molecule has 5 aromatic rings. The van der Waals surface area contributed by atoms with E-state index in [2.05, 4.69) is 30.0 Å². The molecule has 1 fully saturated rings. The highest BCUT2D eigenvalue weighted by molar-refractivity contribution is 7.10. The van der Waals surface area contributed by atoms with Crippen LogP contribution in [-0.2, 0) is 16.1 Å². The van der Waals surface area contributed by atoms with E-state index in [1.54, 1.807) is 54.3 Å². The van der Waals surface area contributed by atoms with Crippen LogP contribution in [0, 0.1) is 0 Å². The summed E-state index contributed by atoms with van der Waals surface area (Å²) in [6, 6.07) is 11.6. The van der Waals surface area contributed by atoms with E-state index in [0.717, 1.165) is 22.6 Å². The second-order valence-corrected chi connectivity index (χ2v) is 11.3. The molecule has 0 saturated carbocycles. The molecule has 1 unspecified atom stereocenters. The summed E-state index contributed by atoms with van der Waals surface area (Å²) in [5.41, 5.74) is 3.40. The Labute approximate surface area is 254 Å². The number of alkyl halides is 1. The fraction of sp³-hybridized carbons (Fsp3) is 0.241. The lowest BCUT2D eigenvalue weighted by molar-refractivity contribution is -0.137. The molecule has 0 aliphatic carbocycles. The lowest BCUT2D eigenvalue weighted by Crippen LogP contribution is -2.44. The van der Waals surface area contributed by atoms with Crippen LogP contribution in [0.5, 0.6) is 0 Å². The fourth-order valence-corrected chi connectivity index (χ4v) is 5.96. The van der Waals surface area contributed by atoms with Crippen molar-refractivity contribution >= 4 is 62.4 Å². The van der Waals surface area contributed by atoms with Crippen LogP contribution in [0.2, 0.25) is 5.02 Å². The van der Waals surface area contributed by atoms with Gasteiger partial charge < -0.3 is 19.9 Å². The summed E-state index contributed by atoms with van der Waals surface area (Å²) in [5, 5.41) is 17.8. The molecule has 3 atom stereocenters. The Morgan fingerprint density at radius 1 is 1.19 bits per heavy atom. The minimum atomic E-state index is -1.35. The molecule has 2 amide bonds. The highest BCUT2D eigenvalue weighted by atomic mass is 35.5. The van der Waals surface area contributed by atoms with Gasteiger partial charge in [-0.05, 0) is 37.3 Å². The van der Waals surface area contributed by atoms with Gasteiger partial charge in [0.15, 0.2) is 5.82 Å². The summed E-state index contributed by atoms with van der Waals surface area (Å²) < 4.78 is 20.6. The van der Waals surface area contributed by atoms with Crippen molar-refractivity contribution in [1.29, 1.82) is 0 Å². The van der Waals surface area contributed by atoms with Gasteiger partial charge in [-0.15, -0.1) is 0 Å². The zero-order valence-corrected chi connectivity index (χ0v) is 24.4. The number of halogens is 2. The first-order chi connectivity index (χ1) is 20.8. The van der Waals surface area contributed by atoms with Crippen LogP contribution in [0.25, 0.3) is 22.3 Å². The molecule has 4 heterocycles. The molecule has 1 saturated heterocycles. The number of hydrogen-bond acceptors (Lipinski definition) is 9. The molecule has 0 radical (unpaired) electrons. The molecule has 220 valence electrons. The van der Waals surface area contributed by atoms with Crippen LogP contribution in [0.4, 0.5) is 20.9 Å². The molecule has 0 bridgehead atoms. The highest BCUT2D eigenvalue weighted by Crippen LogP contribution is 2.32. The number of anilines is 3. The first-order valence-corrected chi connectivity index (χ1v) is 14.6. The van der Waals surface area contributed by atoms with Gasteiger partial charge >= 0.3 is 0 Å². The number of rotatable bonds is 8. The molecule has 43 heavy (non-hydrogen) atoms. The van der Waals surface area contributed by atoms with Gasteiger partial charge in [0.2, 0.25) is 16.9 Å². The van der Waals surface area contributed by atoms with Crippen molar-refractivity contribution in [1.82, 2.24) is 28.8 Å². The molecule has 1 aliphatic rings. The van der Waals surface area contributed by atoms with Gasteiger partial charge in [0.1, 0.15) is 25.1 Å². The zero-order valence-electron chi connectivity index (χ0n) is 22.8. The number of nitrogens with one attached hydrogen (secondary N) is 2. The van der Waals surface area contributed by atoms with E-state index >= 15 is 0 Å². The van der Waals surface area contributed by atoms with Crippen molar-refractivity contribution in [2.45, 2.75) is 38.2 Å². The third-order valence-corrected chi connectivity index (χ3v) is 8.12. The van der Waals surface area contributed by atoms with Crippen LogP contribution < -0.4 is 10.6 Å². The number of likely N-dealkylation sites (tertiary alicyclic amines) is 1. The molecule has 3 aromatic heterocycles. The molecular weight excluding hydrogens is 595 g/mol. The van der Waals surface area contributed by atoms with Crippen LogP contribution in [0.3, 0.4) is 0 Å². The van der Waals surface area contributed by atoms with Crippen molar-refractivity contribution < 1.29 is 19.1 Å². The number of aliphatic hydroxyl groups is 1. The number of nitrogens with zero attached hydrogens (tertiary/aromatic N) is 6. The van der Waals surface area contributed by atoms with E-state index in [9.17, 15) is 19.1 Å². The SMILES string of the molecule is CC(O)c1cn(CC(=O)N2C[C@H](F)C[C@H]2C(=O)Nc2nc(-c3ccccc3Cl)ns2)c2ccc(Nc3cncnc3)cc12. The Bertz CT molecular complexity index is 1800. The standard InChI is InChI=1S/C29H26ClFN8O3S/c1-16(40)22-13-38(24-7-6-18(9-21(22)24)34-19-10-32-15-33-11-19)14-26(41)39-12-17(31)8-25(39)28(42)36-29-35-27(37-43-29)20-4-2-3-5-23(20)30/h2-7,9-11,13,15-17,25,34,40H,8,12,14H2,1H3,(H,35,36,37,42)/t16?,17-,25+/m1/s1. The number of amides is 2. The highest BCUT2D eigenvalue weighted by Gasteiger charge is 2.40. The van der Waals surface area contributed by atoms with Crippen molar-refractivity contribution in [3.63, 3.8) is 0 Å². The Morgan fingerprint density at radius 3 is 2.74 bits per heavy atom. The summed E-state index contributed by atoms with van der Waals surface area (Å²) in [5.74, 6) is -0.609. The summed E-state index contributed by atoms with van der Waals surface area (Å²) in [6.45, 7) is 1.30. The second-order valence-electron chi connectivity index (χ2n) is 10.2. The van der Waals surface area contributed by atoms with Gasteiger partial charge in [0.25, 0.3) is 0 Å². The number of carbonyl (C=O) groups excluding carboxylic acids is 2. The smallest absolute Gasteiger partial charge is 0.249 e. The van der Waals surface area contributed by atoms with Crippen molar-refractivity contribution in [3.8, 4) is 11.4 Å². The van der Waals surface area contributed by atoms with Crippen molar-refractivity contribution in [2.24, 2.45) is 0 Å². The molecule has 6 rings (SSSR count). The number of fused-ring (bicyclic) bond motifs is 1. The quantitative estimate of drug-likeness (QED) is 0.221. The average Bonchev–Trinajstić information content (AvgIpc) is 3.71. The Morgan fingerprint density at radius 2 is 1.98 bits per heavy atom. The zero-order chi connectivity index (χ0) is 30.1. The minimum Gasteiger partial charge on any atom is -0.389 e. The van der Waals surface area contributed by atoms with E-state index in [0.29, 0.717) is 33.2 Å². The maximum absolute atomic E-state index is 14.6. The van der Waals surface area contributed by atoms with Crippen LogP contribution in [0.15, 0.2) is 67.4 Å². The van der Waals surface area contributed by atoms with E-state index in [1.165, 1.54) is 11.2 Å². The Kier molecular flexibility index (Phi) is 8.02. The number of aromatic nitrogens is 5. The largest absolute Gasteiger partial charge is 0.389 e. The van der Waals surface area contributed by atoms with Gasteiger partial charge in [-0.1, -0.05) is 23.7 Å². The van der Waals surface area contributed by atoms with E-state index in [4.69, 9.17) is 11.6 Å². The normalized spacial score (nSPS) is 17.3. The van der Waals surface area contributed by atoms with Gasteiger partial charge in [-0.25, -0.2) is 14.4 Å². The summed E-state index contributed by atoms with van der Waals surface area (Å²) in [6.07, 6.45) is 4.14. The lowest BCUT2D eigenvalue weighted by Gasteiger charge is -2.23. The third kappa shape index (κ3) is 6.05. The van der Waals surface area contributed by atoms with Crippen molar-refractivity contribution in [3.05, 3.63) is 78.0 Å². The summed E-state index contributed by atoms with van der Waals surface area (Å²) in [7, 11) is 0. The maximum atomic E-state index is 14.6. The monoisotopic (exact) mass is 620 g/mol. The molecular formula is C29H26ClFN8O3S. The van der Waals surface area contributed by atoms with E-state index < -0.39 is 30.1 Å². The van der Waals surface area contributed by atoms with Crippen LogP contribution >= 0.6 is 23.1 Å². The lowest BCUT2D eigenvalue weighted by atomic mass is 10.1. The molecule has 14 heteroatoms. The van der Waals surface area contributed by atoms with Gasteiger partial charge in [0.05, 0.1) is 35.8 Å². The Balaban J connectivity index is 1.19.